The molecule has 2 aromatic carbocycles. The van der Waals surface area contributed by atoms with Gasteiger partial charge in [-0.15, -0.1) is 0 Å². The number of benzene rings is 2. The number of methoxy groups -OCH3 is 2. The van der Waals surface area contributed by atoms with Crippen molar-refractivity contribution in [1.29, 1.82) is 0 Å². The standard InChI is InChI=1S/C22H24ClFN2O5/c1-13(27)25-18(11-14-4-7-16(24)8-5-14)21(28)26-19(22(29)31-3)12-15-6-9-20(30-2)17(23)10-15/h4-10,18-19H,11-12H2,1-3H3,(H,25,27)(H,26,28)/t18-,19+/m0/s1. The maximum Gasteiger partial charge on any atom is 0.328 e. The maximum atomic E-state index is 13.2. The van der Waals surface area contributed by atoms with Gasteiger partial charge in [-0.05, 0) is 35.4 Å². The number of amides is 2. The molecule has 2 aromatic rings. The summed E-state index contributed by atoms with van der Waals surface area (Å²) in [5.74, 6) is -1.57. The van der Waals surface area contributed by atoms with Crippen LogP contribution in [-0.4, -0.2) is 44.1 Å². The number of rotatable bonds is 9. The third-order valence-corrected chi connectivity index (χ3v) is 4.80. The summed E-state index contributed by atoms with van der Waals surface area (Å²) < 4.78 is 23.1. The van der Waals surface area contributed by atoms with Gasteiger partial charge in [-0.2, -0.15) is 0 Å². The van der Waals surface area contributed by atoms with Crippen molar-refractivity contribution in [2.75, 3.05) is 14.2 Å². The average Bonchev–Trinajstić information content (AvgIpc) is 2.73. The highest BCUT2D eigenvalue weighted by Gasteiger charge is 2.27. The van der Waals surface area contributed by atoms with Gasteiger partial charge in [-0.1, -0.05) is 29.8 Å². The number of hydrogen-bond acceptors (Lipinski definition) is 5. The third-order valence-electron chi connectivity index (χ3n) is 4.51. The summed E-state index contributed by atoms with van der Waals surface area (Å²) >= 11 is 6.14. The lowest BCUT2D eigenvalue weighted by Crippen LogP contribution is -2.53. The van der Waals surface area contributed by atoms with E-state index in [9.17, 15) is 18.8 Å². The lowest BCUT2D eigenvalue weighted by Gasteiger charge is -2.22. The van der Waals surface area contributed by atoms with Crippen LogP contribution in [0.5, 0.6) is 5.75 Å². The van der Waals surface area contributed by atoms with E-state index < -0.39 is 35.7 Å². The molecule has 0 spiro atoms. The highest BCUT2D eigenvalue weighted by molar-refractivity contribution is 6.32. The van der Waals surface area contributed by atoms with Gasteiger partial charge in [0.1, 0.15) is 23.7 Å². The lowest BCUT2D eigenvalue weighted by atomic mass is 10.0. The highest BCUT2D eigenvalue weighted by atomic mass is 35.5. The molecule has 166 valence electrons. The fourth-order valence-corrected chi connectivity index (χ4v) is 3.27. The first-order valence-electron chi connectivity index (χ1n) is 9.45. The van der Waals surface area contributed by atoms with Gasteiger partial charge in [0.2, 0.25) is 11.8 Å². The molecule has 0 aromatic heterocycles. The molecule has 31 heavy (non-hydrogen) atoms. The Hall–Kier alpha value is -3.13. The summed E-state index contributed by atoms with van der Waals surface area (Å²) in [6.45, 7) is 1.28. The van der Waals surface area contributed by atoms with Crippen molar-refractivity contribution < 1.29 is 28.2 Å². The molecule has 0 fully saturated rings. The zero-order chi connectivity index (χ0) is 23.0. The van der Waals surface area contributed by atoms with Crippen molar-refractivity contribution in [2.45, 2.75) is 31.8 Å². The predicted octanol–water partition coefficient (Wildman–Crippen LogP) is 2.44. The molecule has 9 heteroatoms. The van der Waals surface area contributed by atoms with E-state index in [2.05, 4.69) is 10.6 Å². The fraction of sp³-hybridized carbons (Fsp3) is 0.318. The Kier molecular flexibility index (Phi) is 8.81. The number of hydrogen-bond donors (Lipinski definition) is 2. The molecular weight excluding hydrogens is 427 g/mol. The molecular formula is C22H24ClFN2O5. The van der Waals surface area contributed by atoms with Gasteiger partial charge < -0.3 is 20.1 Å². The molecule has 2 amide bonds. The fourth-order valence-electron chi connectivity index (χ4n) is 2.99. The Bertz CT molecular complexity index is 936. The predicted molar refractivity (Wildman–Crippen MR) is 113 cm³/mol. The molecule has 0 bridgehead atoms. The Morgan fingerprint density at radius 3 is 2.13 bits per heavy atom. The number of carbonyl (C=O) groups is 3. The molecule has 0 heterocycles. The SMILES string of the molecule is COC(=O)[C@@H](Cc1ccc(OC)c(Cl)c1)NC(=O)[C@H](Cc1ccc(F)cc1)NC(C)=O. The quantitative estimate of drug-likeness (QED) is 0.572. The van der Waals surface area contributed by atoms with Crippen LogP contribution in [0.4, 0.5) is 4.39 Å². The molecule has 0 unspecified atom stereocenters. The van der Waals surface area contributed by atoms with E-state index in [1.165, 1.54) is 45.4 Å². The van der Waals surface area contributed by atoms with Crippen LogP contribution in [-0.2, 0) is 32.0 Å². The molecule has 7 nitrogen and oxygen atoms in total. The molecule has 0 aliphatic carbocycles. The minimum Gasteiger partial charge on any atom is -0.495 e. The Morgan fingerprint density at radius 2 is 1.58 bits per heavy atom. The van der Waals surface area contributed by atoms with Crippen molar-refractivity contribution >= 4 is 29.4 Å². The van der Waals surface area contributed by atoms with Crippen molar-refractivity contribution in [3.05, 3.63) is 64.4 Å². The Balaban J connectivity index is 2.18. The van der Waals surface area contributed by atoms with Crippen LogP contribution in [0, 0.1) is 5.82 Å². The number of nitrogens with one attached hydrogen (secondary N) is 2. The number of carbonyl (C=O) groups excluding carboxylic acids is 3. The van der Waals surface area contributed by atoms with E-state index in [0.717, 1.165) is 0 Å². The number of ether oxygens (including phenoxy) is 2. The minimum absolute atomic E-state index is 0.117. The second kappa shape index (κ2) is 11.3. The molecule has 2 N–H and O–H groups in total. The van der Waals surface area contributed by atoms with E-state index in [1.54, 1.807) is 18.2 Å². The van der Waals surface area contributed by atoms with Gasteiger partial charge in [-0.25, -0.2) is 9.18 Å². The van der Waals surface area contributed by atoms with Crippen molar-refractivity contribution in [3.63, 3.8) is 0 Å². The molecule has 0 aliphatic rings. The summed E-state index contributed by atoms with van der Waals surface area (Å²) in [6, 6.07) is 8.61. The monoisotopic (exact) mass is 450 g/mol. The van der Waals surface area contributed by atoms with Crippen LogP contribution < -0.4 is 15.4 Å². The molecule has 0 aliphatic heterocycles. The van der Waals surface area contributed by atoms with Gasteiger partial charge in [0.15, 0.2) is 0 Å². The van der Waals surface area contributed by atoms with E-state index in [0.29, 0.717) is 21.9 Å². The van der Waals surface area contributed by atoms with Crippen molar-refractivity contribution in [2.24, 2.45) is 0 Å². The van der Waals surface area contributed by atoms with E-state index in [1.807, 2.05) is 0 Å². The lowest BCUT2D eigenvalue weighted by molar-refractivity contribution is -0.145. The Labute approximate surface area is 184 Å². The van der Waals surface area contributed by atoms with Crippen LogP contribution in [0.1, 0.15) is 18.1 Å². The molecule has 2 atom stereocenters. The number of esters is 1. The summed E-state index contributed by atoms with van der Waals surface area (Å²) in [5.41, 5.74) is 1.32. The van der Waals surface area contributed by atoms with Crippen LogP contribution >= 0.6 is 11.6 Å². The molecule has 0 radical (unpaired) electrons. The second-order valence-corrected chi connectivity index (χ2v) is 7.25. The third kappa shape index (κ3) is 7.25. The van der Waals surface area contributed by atoms with Gasteiger partial charge in [0.05, 0.1) is 19.2 Å². The first-order valence-corrected chi connectivity index (χ1v) is 9.83. The summed E-state index contributed by atoms with van der Waals surface area (Å²) in [6.07, 6.45) is 0.236. The summed E-state index contributed by atoms with van der Waals surface area (Å²) in [4.78, 5) is 36.8. The largest absolute Gasteiger partial charge is 0.495 e. The topological polar surface area (TPSA) is 93.7 Å². The highest BCUT2D eigenvalue weighted by Crippen LogP contribution is 2.25. The van der Waals surface area contributed by atoms with Crippen LogP contribution in [0.3, 0.4) is 0 Å². The zero-order valence-electron chi connectivity index (χ0n) is 17.4. The smallest absolute Gasteiger partial charge is 0.328 e. The summed E-state index contributed by atoms with van der Waals surface area (Å²) in [7, 11) is 2.70. The maximum absolute atomic E-state index is 13.2. The van der Waals surface area contributed by atoms with Gasteiger partial charge in [-0.3, -0.25) is 9.59 Å². The van der Waals surface area contributed by atoms with E-state index in [4.69, 9.17) is 21.1 Å². The second-order valence-electron chi connectivity index (χ2n) is 6.84. The van der Waals surface area contributed by atoms with E-state index in [-0.39, 0.29) is 12.8 Å². The van der Waals surface area contributed by atoms with Crippen LogP contribution in [0.25, 0.3) is 0 Å². The van der Waals surface area contributed by atoms with Crippen LogP contribution in [0.15, 0.2) is 42.5 Å². The first kappa shape index (κ1) is 24.1. The first-order chi connectivity index (χ1) is 14.7. The van der Waals surface area contributed by atoms with Crippen LogP contribution in [0.2, 0.25) is 5.02 Å². The molecule has 2 rings (SSSR count). The minimum atomic E-state index is -1.01. The normalized spacial score (nSPS) is 12.4. The van der Waals surface area contributed by atoms with Crippen molar-refractivity contribution in [1.82, 2.24) is 10.6 Å². The Morgan fingerprint density at radius 1 is 0.968 bits per heavy atom. The molecule has 0 saturated heterocycles. The van der Waals surface area contributed by atoms with Gasteiger partial charge >= 0.3 is 5.97 Å². The average molecular weight is 451 g/mol. The van der Waals surface area contributed by atoms with E-state index >= 15 is 0 Å². The zero-order valence-corrected chi connectivity index (χ0v) is 18.2. The molecule has 0 saturated carbocycles. The van der Waals surface area contributed by atoms with Crippen molar-refractivity contribution in [3.8, 4) is 5.75 Å². The van der Waals surface area contributed by atoms with Gasteiger partial charge in [0, 0.05) is 19.8 Å². The summed E-state index contributed by atoms with van der Waals surface area (Å²) in [5, 5.41) is 5.55. The number of halogens is 2. The van der Waals surface area contributed by atoms with Gasteiger partial charge in [0.25, 0.3) is 0 Å².